The molecule has 2 aromatic carbocycles. The number of hydrogen-bond donors (Lipinski definition) is 1. The molecule has 0 saturated heterocycles. The summed E-state index contributed by atoms with van der Waals surface area (Å²) in [7, 11) is -0.916. The molecule has 86 valence electrons. The van der Waals surface area contributed by atoms with Gasteiger partial charge in [0.05, 0.1) is 16.3 Å². The van der Waals surface area contributed by atoms with E-state index >= 15 is 0 Å². The standard InChI is InChI=1S/C13H12BBrO2/c15-17-14(16)13-8-6-12(7-9-13)10-11-4-2-1-3-5-11/h1-9,16H,10H2. The van der Waals surface area contributed by atoms with E-state index in [-0.39, 0.29) is 0 Å². The van der Waals surface area contributed by atoms with Gasteiger partial charge in [0.1, 0.15) is 0 Å². The van der Waals surface area contributed by atoms with Crippen LogP contribution in [0.1, 0.15) is 11.1 Å². The van der Waals surface area contributed by atoms with Crippen molar-refractivity contribution in [2.75, 3.05) is 0 Å². The molecule has 0 fully saturated rings. The Hall–Kier alpha value is -1.10. The van der Waals surface area contributed by atoms with Gasteiger partial charge in [0.15, 0.2) is 0 Å². The van der Waals surface area contributed by atoms with Crippen LogP contribution in [-0.2, 0) is 10.2 Å². The summed E-state index contributed by atoms with van der Waals surface area (Å²) in [5, 5.41) is 9.44. The second kappa shape index (κ2) is 6.01. The van der Waals surface area contributed by atoms with Crippen LogP contribution in [0.25, 0.3) is 0 Å². The number of benzene rings is 2. The van der Waals surface area contributed by atoms with Gasteiger partial charge in [-0.2, -0.15) is 0 Å². The number of rotatable bonds is 4. The lowest BCUT2D eigenvalue weighted by Crippen LogP contribution is -2.30. The number of halogens is 1. The maximum absolute atomic E-state index is 9.44. The average molecular weight is 291 g/mol. The van der Waals surface area contributed by atoms with E-state index in [0.717, 1.165) is 11.9 Å². The molecule has 0 aliphatic heterocycles. The highest BCUT2D eigenvalue weighted by atomic mass is 79.9. The molecule has 17 heavy (non-hydrogen) atoms. The smallest absolute Gasteiger partial charge is 0.423 e. The topological polar surface area (TPSA) is 29.5 Å². The van der Waals surface area contributed by atoms with Crippen molar-refractivity contribution in [1.82, 2.24) is 0 Å². The molecule has 0 unspecified atom stereocenters. The predicted octanol–water partition coefficient (Wildman–Crippen LogP) is 2.29. The van der Waals surface area contributed by atoms with Gasteiger partial charge in [0.25, 0.3) is 0 Å². The van der Waals surface area contributed by atoms with Crippen LogP contribution in [0.5, 0.6) is 0 Å². The lowest BCUT2D eigenvalue weighted by Gasteiger charge is -2.05. The van der Waals surface area contributed by atoms with Gasteiger partial charge in [-0.1, -0.05) is 54.6 Å². The molecule has 2 aromatic rings. The monoisotopic (exact) mass is 290 g/mol. The van der Waals surface area contributed by atoms with Gasteiger partial charge in [-0.15, -0.1) is 0 Å². The van der Waals surface area contributed by atoms with Crippen LogP contribution in [0.15, 0.2) is 54.6 Å². The van der Waals surface area contributed by atoms with E-state index in [4.69, 9.17) is 0 Å². The summed E-state index contributed by atoms with van der Waals surface area (Å²) in [5.41, 5.74) is 3.22. The van der Waals surface area contributed by atoms with Gasteiger partial charge in [-0.25, -0.2) is 0 Å². The second-order valence-electron chi connectivity index (χ2n) is 3.85. The van der Waals surface area contributed by atoms with Gasteiger partial charge >= 0.3 is 7.12 Å². The van der Waals surface area contributed by atoms with Crippen LogP contribution >= 0.6 is 16.3 Å². The van der Waals surface area contributed by atoms with E-state index in [1.165, 1.54) is 11.1 Å². The van der Waals surface area contributed by atoms with Crippen LogP contribution < -0.4 is 5.46 Å². The molecule has 2 nitrogen and oxygen atoms in total. The fraction of sp³-hybridized carbons (Fsp3) is 0.0769. The quantitative estimate of drug-likeness (QED) is 0.876. The van der Waals surface area contributed by atoms with E-state index < -0.39 is 7.12 Å². The molecule has 1 N–H and O–H groups in total. The molecule has 0 amide bonds. The minimum atomic E-state index is -0.916. The largest absolute Gasteiger partial charge is 0.502 e. The summed E-state index contributed by atoms with van der Waals surface area (Å²) in [6.07, 6.45) is 0.895. The van der Waals surface area contributed by atoms with Gasteiger partial charge < -0.3 is 8.77 Å². The highest BCUT2D eigenvalue weighted by Crippen LogP contribution is 2.08. The molecule has 2 rings (SSSR count). The maximum atomic E-state index is 9.44. The minimum Gasteiger partial charge on any atom is -0.423 e. The van der Waals surface area contributed by atoms with Crippen molar-refractivity contribution in [3.05, 3.63) is 65.7 Å². The van der Waals surface area contributed by atoms with Crippen LogP contribution in [0.3, 0.4) is 0 Å². The van der Waals surface area contributed by atoms with Crippen molar-refractivity contribution in [3.63, 3.8) is 0 Å². The Morgan fingerprint density at radius 3 is 2.12 bits per heavy atom. The fourth-order valence-corrected chi connectivity index (χ4v) is 1.90. The van der Waals surface area contributed by atoms with E-state index in [9.17, 15) is 5.02 Å². The van der Waals surface area contributed by atoms with Crippen molar-refractivity contribution in [2.45, 2.75) is 6.42 Å². The Kier molecular flexibility index (Phi) is 4.37. The van der Waals surface area contributed by atoms with E-state index in [1.54, 1.807) is 0 Å². The van der Waals surface area contributed by atoms with Crippen LogP contribution in [0, 0.1) is 0 Å². The van der Waals surface area contributed by atoms with Crippen LogP contribution in [0.4, 0.5) is 0 Å². The first-order valence-corrected chi connectivity index (χ1v) is 6.02. The van der Waals surface area contributed by atoms with Gasteiger partial charge in [0, 0.05) is 0 Å². The Bertz CT molecular complexity index is 459. The first-order valence-electron chi connectivity index (χ1n) is 5.38. The summed E-state index contributed by atoms with van der Waals surface area (Å²) < 4.78 is 4.66. The fourth-order valence-electron chi connectivity index (χ4n) is 1.68. The summed E-state index contributed by atoms with van der Waals surface area (Å²) in [6, 6.07) is 18.0. The summed E-state index contributed by atoms with van der Waals surface area (Å²) >= 11 is 2.77. The molecule has 0 aliphatic carbocycles. The van der Waals surface area contributed by atoms with E-state index in [1.807, 2.05) is 42.5 Å². The van der Waals surface area contributed by atoms with Crippen molar-refractivity contribution in [3.8, 4) is 0 Å². The Morgan fingerprint density at radius 1 is 0.941 bits per heavy atom. The van der Waals surface area contributed by atoms with Gasteiger partial charge in [0.2, 0.25) is 0 Å². The SMILES string of the molecule is OB(OBr)c1ccc(Cc2ccccc2)cc1. The lowest BCUT2D eigenvalue weighted by atomic mass is 9.80. The van der Waals surface area contributed by atoms with Gasteiger partial charge in [-0.3, -0.25) is 0 Å². The zero-order valence-electron chi connectivity index (χ0n) is 9.21. The van der Waals surface area contributed by atoms with E-state index in [2.05, 4.69) is 32.1 Å². The summed E-state index contributed by atoms with van der Waals surface area (Å²) in [6.45, 7) is 0. The molecular formula is C13H12BBrO2. The Labute approximate surface area is 110 Å². The third-order valence-corrected chi connectivity index (χ3v) is 2.95. The van der Waals surface area contributed by atoms with Crippen molar-refractivity contribution < 1.29 is 8.77 Å². The predicted molar refractivity (Wildman–Crippen MR) is 73.3 cm³/mol. The zero-order valence-corrected chi connectivity index (χ0v) is 10.8. The second-order valence-corrected chi connectivity index (χ2v) is 4.22. The highest BCUT2D eigenvalue weighted by molar-refractivity contribution is 9.06. The van der Waals surface area contributed by atoms with Crippen LogP contribution in [0.2, 0.25) is 0 Å². The molecule has 0 aliphatic rings. The average Bonchev–Trinajstić information content (AvgIpc) is 2.40. The highest BCUT2D eigenvalue weighted by Gasteiger charge is 2.14. The normalized spacial score (nSPS) is 10.2. The molecule has 0 saturated carbocycles. The number of hydrogen-bond acceptors (Lipinski definition) is 2. The van der Waals surface area contributed by atoms with Gasteiger partial charge in [-0.05, 0) is 23.0 Å². The lowest BCUT2D eigenvalue weighted by molar-refractivity contribution is 0.480. The maximum Gasteiger partial charge on any atom is 0.502 e. The Morgan fingerprint density at radius 2 is 1.53 bits per heavy atom. The molecule has 0 atom stereocenters. The van der Waals surface area contributed by atoms with Crippen LogP contribution in [-0.4, -0.2) is 12.1 Å². The molecular weight excluding hydrogens is 279 g/mol. The Balaban J connectivity index is 2.08. The van der Waals surface area contributed by atoms with Crippen molar-refractivity contribution >= 4 is 28.8 Å². The first-order chi connectivity index (χ1) is 8.29. The molecule has 0 aromatic heterocycles. The molecule has 0 radical (unpaired) electrons. The summed E-state index contributed by atoms with van der Waals surface area (Å²) in [4.78, 5) is 0. The van der Waals surface area contributed by atoms with Crippen molar-refractivity contribution in [2.24, 2.45) is 0 Å². The van der Waals surface area contributed by atoms with Crippen molar-refractivity contribution in [1.29, 1.82) is 0 Å². The van der Waals surface area contributed by atoms with E-state index in [0.29, 0.717) is 0 Å². The molecule has 0 heterocycles. The third-order valence-electron chi connectivity index (χ3n) is 2.60. The molecule has 4 heteroatoms. The zero-order chi connectivity index (χ0) is 12.1. The first kappa shape index (κ1) is 12.4. The third kappa shape index (κ3) is 3.43. The molecule has 0 bridgehead atoms. The molecule has 0 spiro atoms. The minimum absolute atomic E-state index is 0.735. The summed E-state index contributed by atoms with van der Waals surface area (Å²) in [5.74, 6) is 0.